The van der Waals surface area contributed by atoms with E-state index in [0.717, 1.165) is 22.3 Å². The van der Waals surface area contributed by atoms with Crippen LogP contribution >= 0.6 is 0 Å². The molecule has 3 aromatic carbocycles. The van der Waals surface area contributed by atoms with Crippen LogP contribution in [-0.4, -0.2) is 23.5 Å². The minimum absolute atomic E-state index is 0.106. The van der Waals surface area contributed by atoms with E-state index in [0.29, 0.717) is 5.71 Å². The van der Waals surface area contributed by atoms with Crippen LogP contribution in [0.1, 0.15) is 19.4 Å². The smallest absolute Gasteiger partial charge is 0.262 e. The van der Waals surface area contributed by atoms with E-state index in [4.69, 9.17) is 0 Å². The summed E-state index contributed by atoms with van der Waals surface area (Å²) < 4.78 is 0. The van der Waals surface area contributed by atoms with Crippen molar-refractivity contribution in [1.82, 2.24) is 0 Å². The highest BCUT2D eigenvalue weighted by molar-refractivity contribution is 6.27. The van der Waals surface area contributed by atoms with Crippen LogP contribution in [0.25, 0.3) is 10.8 Å². The van der Waals surface area contributed by atoms with Gasteiger partial charge in [-0.25, -0.2) is 0 Å². The van der Waals surface area contributed by atoms with Gasteiger partial charge in [-0.15, -0.1) is 0 Å². The van der Waals surface area contributed by atoms with E-state index in [9.17, 15) is 4.79 Å². The average Bonchev–Trinajstić information content (AvgIpc) is 3.02. The number of nitrogens with zero attached hydrogens (tertiary/aromatic N) is 4. The minimum atomic E-state index is -0.478. The molecular formula is C23H20N4O. The van der Waals surface area contributed by atoms with Crippen LogP contribution in [0.5, 0.6) is 0 Å². The first-order valence-corrected chi connectivity index (χ1v) is 9.14. The maximum atomic E-state index is 12.8. The first-order chi connectivity index (χ1) is 13.6. The van der Waals surface area contributed by atoms with Crippen molar-refractivity contribution in [2.75, 3.05) is 5.01 Å². The number of rotatable bonds is 4. The Bertz CT molecular complexity index is 1120. The van der Waals surface area contributed by atoms with Crippen LogP contribution in [0, 0.1) is 5.92 Å². The third-order valence-electron chi connectivity index (χ3n) is 4.75. The van der Waals surface area contributed by atoms with Crippen molar-refractivity contribution >= 4 is 40.0 Å². The van der Waals surface area contributed by atoms with Gasteiger partial charge in [0.15, 0.2) is 0 Å². The van der Waals surface area contributed by atoms with Gasteiger partial charge in [0, 0.05) is 0 Å². The van der Waals surface area contributed by atoms with E-state index >= 15 is 0 Å². The van der Waals surface area contributed by atoms with Gasteiger partial charge in [-0.2, -0.15) is 20.3 Å². The van der Waals surface area contributed by atoms with Gasteiger partial charge < -0.3 is 0 Å². The molecule has 0 aliphatic carbocycles. The minimum Gasteiger partial charge on any atom is -0.271 e. The number of anilines is 1. The van der Waals surface area contributed by atoms with Crippen molar-refractivity contribution in [3.63, 3.8) is 0 Å². The van der Waals surface area contributed by atoms with Gasteiger partial charge in [0.05, 0.1) is 23.3 Å². The molecule has 1 aliphatic heterocycles. The largest absolute Gasteiger partial charge is 0.271 e. The highest BCUT2D eigenvalue weighted by atomic mass is 16.2. The number of para-hydroxylation sites is 1. The lowest BCUT2D eigenvalue weighted by Gasteiger charge is -2.13. The highest BCUT2D eigenvalue weighted by Crippen LogP contribution is 2.24. The van der Waals surface area contributed by atoms with Gasteiger partial charge in [-0.05, 0) is 48.4 Å². The lowest BCUT2D eigenvalue weighted by molar-refractivity contribution is -0.118. The van der Waals surface area contributed by atoms with Crippen LogP contribution in [0.3, 0.4) is 0 Å². The fraction of sp³-hybridized carbons (Fsp3) is 0.130. The summed E-state index contributed by atoms with van der Waals surface area (Å²) >= 11 is 0. The average molecular weight is 368 g/mol. The van der Waals surface area contributed by atoms with Crippen molar-refractivity contribution in [3.05, 3.63) is 78.4 Å². The zero-order valence-corrected chi connectivity index (χ0v) is 15.8. The van der Waals surface area contributed by atoms with Gasteiger partial charge in [0.2, 0.25) is 0 Å². The van der Waals surface area contributed by atoms with Crippen LogP contribution in [-0.2, 0) is 4.79 Å². The Morgan fingerprint density at radius 1 is 1.00 bits per heavy atom. The Balaban J connectivity index is 1.52. The van der Waals surface area contributed by atoms with E-state index in [1.807, 2.05) is 62.4 Å². The zero-order chi connectivity index (χ0) is 19.5. The zero-order valence-electron chi connectivity index (χ0n) is 15.8. The molecule has 0 saturated heterocycles. The number of benzene rings is 3. The number of hydrazone groups is 1. The van der Waals surface area contributed by atoms with E-state index in [2.05, 4.69) is 39.6 Å². The van der Waals surface area contributed by atoms with Gasteiger partial charge in [0.25, 0.3) is 5.91 Å². The van der Waals surface area contributed by atoms with E-state index < -0.39 is 5.92 Å². The topological polar surface area (TPSA) is 57.4 Å². The standard InChI is InChI=1S/C23H20N4O/c1-16(22-17(2)26-27(23(22)28)21-10-4-3-5-11-21)25-24-15-18-12-13-19-8-6-7-9-20(19)14-18/h3-15,22H,1-2H3/b24-15+,25-16-. The molecule has 5 nitrogen and oxygen atoms in total. The molecule has 3 aromatic rings. The predicted molar refractivity (Wildman–Crippen MR) is 115 cm³/mol. The molecule has 4 rings (SSSR count). The first-order valence-electron chi connectivity index (χ1n) is 9.14. The Morgan fingerprint density at radius 3 is 2.50 bits per heavy atom. The molecule has 1 atom stereocenters. The summed E-state index contributed by atoms with van der Waals surface area (Å²) in [5, 5.41) is 16.6. The SMILES string of the molecule is CC1=NN(c2ccccc2)C(=O)C1/C(C)=N\N=C\c1ccc2ccccc2c1. The monoisotopic (exact) mass is 368 g/mol. The van der Waals surface area contributed by atoms with Crippen LogP contribution in [0.15, 0.2) is 88.1 Å². The second-order valence-corrected chi connectivity index (χ2v) is 6.75. The fourth-order valence-electron chi connectivity index (χ4n) is 3.33. The summed E-state index contributed by atoms with van der Waals surface area (Å²) in [6.45, 7) is 3.66. The predicted octanol–water partition coefficient (Wildman–Crippen LogP) is 4.67. The molecular weight excluding hydrogens is 348 g/mol. The molecule has 0 fully saturated rings. The van der Waals surface area contributed by atoms with Crippen molar-refractivity contribution in [2.24, 2.45) is 21.2 Å². The number of carbonyl (C=O) groups excluding carboxylic acids is 1. The van der Waals surface area contributed by atoms with Crippen LogP contribution < -0.4 is 5.01 Å². The lowest BCUT2D eigenvalue weighted by atomic mass is 9.99. The molecule has 1 unspecified atom stereocenters. The molecule has 0 N–H and O–H groups in total. The summed E-state index contributed by atoms with van der Waals surface area (Å²) in [6, 6.07) is 23.7. The number of fused-ring (bicyclic) bond motifs is 1. The summed E-state index contributed by atoms with van der Waals surface area (Å²) in [6.07, 6.45) is 1.71. The van der Waals surface area contributed by atoms with Gasteiger partial charge in [-0.1, -0.05) is 54.6 Å². The second kappa shape index (κ2) is 7.56. The summed E-state index contributed by atoms with van der Waals surface area (Å²) in [5.74, 6) is -0.584. The molecule has 0 radical (unpaired) electrons. The van der Waals surface area contributed by atoms with E-state index in [-0.39, 0.29) is 5.91 Å². The molecule has 28 heavy (non-hydrogen) atoms. The molecule has 0 bridgehead atoms. The summed E-state index contributed by atoms with van der Waals surface area (Å²) in [7, 11) is 0. The van der Waals surface area contributed by atoms with Crippen molar-refractivity contribution in [2.45, 2.75) is 13.8 Å². The number of hydrogen-bond acceptors (Lipinski definition) is 4. The Labute approximate surface area is 163 Å². The van der Waals surface area contributed by atoms with Crippen molar-refractivity contribution < 1.29 is 4.79 Å². The summed E-state index contributed by atoms with van der Waals surface area (Å²) in [5.41, 5.74) is 3.06. The van der Waals surface area contributed by atoms with Gasteiger partial charge >= 0.3 is 0 Å². The molecule has 0 spiro atoms. The number of carbonyl (C=O) groups is 1. The second-order valence-electron chi connectivity index (χ2n) is 6.75. The number of hydrogen-bond donors (Lipinski definition) is 0. The maximum Gasteiger partial charge on any atom is 0.262 e. The molecule has 1 amide bonds. The first kappa shape index (κ1) is 17.8. The maximum absolute atomic E-state index is 12.8. The number of amides is 1. The highest BCUT2D eigenvalue weighted by Gasteiger charge is 2.36. The summed E-state index contributed by atoms with van der Waals surface area (Å²) in [4.78, 5) is 12.8. The molecule has 5 heteroatoms. The van der Waals surface area contributed by atoms with Gasteiger partial charge in [-0.3, -0.25) is 4.79 Å². The Kier molecular flexibility index (Phi) is 4.81. The van der Waals surface area contributed by atoms with Crippen LogP contribution in [0.4, 0.5) is 5.69 Å². The fourth-order valence-corrected chi connectivity index (χ4v) is 3.33. The Morgan fingerprint density at radius 2 is 1.71 bits per heavy atom. The lowest BCUT2D eigenvalue weighted by Crippen LogP contribution is -2.31. The quantitative estimate of drug-likeness (QED) is 0.487. The van der Waals surface area contributed by atoms with E-state index in [1.54, 1.807) is 6.21 Å². The van der Waals surface area contributed by atoms with E-state index in [1.165, 1.54) is 10.4 Å². The molecule has 1 heterocycles. The molecule has 138 valence electrons. The molecule has 1 aliphatic rings. The third kappa shape index (κ3) is 3.47. The normalized spacial score (nSPS) is 17.6. The Hall–Kier alpha value is -3.60. The van der Waals surface area contributed by atoms with Crippen molar-refractivity contribution in [1.29, 1.82) is 0 Å². The molecule has 0 saturated carbocycles. The molecule has 0 aromatic heterocycles. The van der Waals surface area contributed by atoms with Gasteiger partial charge in [0.1, 0.15) is 5.92 Å². The van der Waals surface area contributed by atoms with Crippen LogP contribution in [0.2, 0.25) is 0 Å². The van der Waals surface area contributed by atoms with Crippen molar-refractivity contribution in [3.8, 4) is 0 Å². The third-order valence-corrected chi connectivity index (χ3v) is 4.75.